The van der Waals surface area contributed by atoms with E-state index >= 15 is 0 Å². The zero-order valence-electron chi connectivity index (χ0n) is 17.0. The number of carbonyl (C=O) groups excluding carboxylic acids is 1. The first-order valence-electron chi connectivity index (χ1n) is 9.85. The third-order valence-electron chi connectivity index (χ3n) is 4.60. The highest BCUT2D eigenvalue weighted by Crippen LogP contribution is 2.28. The Labute approximate surface area is 175 Å². The van der Waals surface area contributed by atoms with E-state index in [1.165, 1.54) is 7.11 Å². The molecule has 0 amide bonds. The lowest BCUT2D eigenvalue weighted by Gasteiger charge is -2.14. The van der Waals surface area contributed by atoms with Gasteiger partial charge in [-0.2, -0.15) is 0 Å². The van der Waals surface area contributed by atoms with Gasteiger partial charge in [0.05, 0.1) is 20.3 Å². The van der Waals surface area contributed by atoms with Crippen molar-refractivity contribution in [3.8, 4) is 11.5 Å². The van der Waals surface area contributed by atoms with Crippen molar-refractivity contribution in [3.63, 3.8) is 0 Å². The van der Waals surface area contributed by atoms with Crippen molar-refractivity contribution in [2.24, 2.45) is 0 Å². The molecule has 0 fully saturated rings. The number of hydrogen-bond acceptors (Lipinski definition) is 6. The van der Waals surface area contributed by atoms with Crippen molar-refractivity contribution < 1.29 is 28.8 Å². The van der Waals surface area contributed by atoms with Crippen LogP contribution in [0.1, 0.15) is 12.0 Å². The standard InChI is InChI=1S/C24H26O6/c1-27-24(26)17-30-22-12-6-10-20-18(7-5-11-21(20)22)13-15-29-23(25)14-16-28-19-8-3-2-4-9-19/h2-12,23,25H,13-17H2,1H3. The molecule has 1 atom stereocenters. The Bertz CT molecular complexity index is 941. The van der Waals surface area contributed by atoms with E-state index in [1.54, 1.807) is 0 Å². The SMILES string of the molecule is COC(=O)COc1cccc2c(CCOC(O)CCOc3ccccc3)cccc12. The van der Waals surface area contributed by atoms with Crippen molar-refractivity contribution in [1.82, 2.24) is 0 Å². The molecule has 6 heteroatoms. The lowest BCUT2D eigenvalue weighted by Crippen LogP contribution is -2.17. The summed E-state index contributed by atoms with van der Waals surface area (Å²) in [5.41, 5.74) is 1.07. The Morgan fingerprint density at radius 2 is 1.67 bits per heavy atom. The minimum Gasteiger partial charge on any atom is -0.493 e. The molecule has 0 aliphatic heterocycles. The maximum absolute atomic E-state index is 11.4. The highest BCUT2D eigenvalue weighted by Gasteiger charge is 2.10. The number of rotatable bonds is 11. The van der Waals surface area contributed by atoms with E-state index in [0.29, 0.717) is 31.8 Å². The van der Waals surface area contributed by atoms with Gasteiger partial charge in [0.25, 0.3) is 0 Å². The summed E-state index contributed by atoms with van der Waals surface area (Å²) in [7, 11) is 1.33. The van der Waals surface area contributed by atoms with Gasteiger partial charge >= 0.3 is 5.97 Å². The predicted molar refractivity (Wildman–Crippen MR) is 114 cm³/mol. The monoisotopic (exact) mass is 410 g/mol. The first-order valence-corrected chi connectivity index (χ1v) is 9.85. The summed E-state index contributed by atoms with van der Waals surface area (Å²) in [5, 5.41) is 12.0. The molecule has 1 unspecified atom stereocenters. The topological polar surface area (TPSA) is 74.2 Å². The molecular weight excluding hydrogens is 384 g/mol. The Kier molecular flexibility index (Phi) is 8.06. The van der Waals surface area contributed by atoms with Crippen LogP contribution in [0.2, 0.25) is 0 Å². The van der Waals surface area contributed by atoms with Crippen molar-refractivity contribution in [2.45, 2.75) is 19.1 Å². The number of esters is 1. The first-order chi connectivity index (χ1) is 14.7. The number of fused-ring (bicyclic) bond motifs is 1. The van der Waals surface area contributed by atoms with Gasteiger partial charge in [-0.05, 0) is 35.6 Å². The molecule has 3 aromatic rings. The average Bonchev–Trinajstić information content (AvgIpc) is 2.78. The van der Waals surface area contributed by atoms with Crippen LogP contribution in [0.5, 0.6) is 11.5 Å². The molecule has 30 heavy (non-hydrogen) atoms. The summed E-state index contributed by atoms with van der Waals surface area (Å²) >= 11 is 0. The molecule has 0 aliphatic carbocycles. The molecular formula is C24H26O6. The maximum atomic E-state index is 11.4. The van der Waals surface area contributed by atoms with Gasteiger partial charge in [0.2, 0.25) is 0 Å². The number of para-hydroxylation sites is 1. The highest BCUT2D eigenvalue weighted by molar-refractivity contribution is 5.91. The molecule has 0 radical (unpaired) electrons. The number of carbonyl (C=O) groups is 1. The zero-order valence-corrected chi connectivity index (χ0v) is 17.0. The van der Waals surface area contributed by atoms with Crippen molar-refractivity contribution in [2.75, 3.05) is 26.9 Å². The Hall–Kier alpha value is -3.09. The van der Waals surface area contributed by atoms with Crippen LogP contribution in [-0.4, -0.2) is 44.3 Å². The van der Waals surface area contributed by atoms with Gasteiger partial charge in [0.1, 0.15) is 11.5 Å². The van der Waals surface area contributed by atoms with E-state index in [9.17, 15) is 9.90 Å². The number of ether oxygens (including phenoxy) is 4. The average molecular weight is 410 g/mol. The third-order valence-corrected chi connectivity index (χ3v) is 4.60. The maximum Gasteiger partial charge on any atom is 0.343 e. The summed E-state index contributed by atoms with van der Waals surface area (Å²) in [6, 6.07) is 21.1. The number of aliphatic hydroxyl groups is 1. The second kappa shape index (κ2) is 11.2. The molecule has 0 aliphatic rings. The van der Waals surface area contributed by atoms with Crippen molar-refractivity contribution in [3.05, 3.63) is 72.3 Å². The van der Waals surface area contributed by atoms with Gasteiger partial charge in [0.15, 0.2) is 12.9 Å². The molecule has 3 rings (SSSR count). The van der Waals surface area contributed by atoms with E-state index in [4.69, 9.17) is 14.2 Å². The van der Waals surface area contributed by atoms with Gasteiger partial charge in [-0.15, -0.1) is 0 Å². The molecule has 0 spiro atoms. The summed E-state index contributed by atoms with van der Waals surface area (Å²) in [4.78, 5) is 11.4. The predicted octanol–water partition coefficient (Wildman–Crippen LogP) is 3.74. The van der Waals surface area contributed by atoms with Gasteiger partial charge in [0, 0.05) is 11.8 Å². The molecule has 158 valence electrons. The van der Waals surface area contributed by atoms with Gasteiger partial charge in [-0.1, -0.05) is 48.5 Å². The van der Waals surface area contributed by atoms with Crippen LogP contribution < -0.4 is 9.47 Å². The van der Waals surface area contributed by atoms with Gasteiger partial charge in [-0.3, -0.25) is 0 Å². The summed E-state index contributed by atoms with van der Waals surface area (Å²) < 4.78 is 21.3. The van der Waals surface area contributed by atoms with E-state index < -0.39 is 12.3 Å². The minimum absolute atomic E-state index is 0.139. The quantitative estimate of drug-likeness (QED) is 0.383. The number of benzene rings is 3. The van der Waals surface area contributed by atoms with Gasteiger partial charge in [-0.25, -0.2) is 4.79 Å². The van der Waals surface area contributed by atoms with Crippen LogP contribution in [0.4, 0.5) is 0 Å². The Morgan fingerprint density at radius 1 is 0.900 bits per heavy atom. The number of hydrogen-bond donors (Lipinski definition) is 1. The van der Waals surface area contributed by atoms with Crippen LogP contribution >= 0.6 is 0 Å². The third kappa shape index (κ3) is 6.20. The largest absolute Gasteiger partial charge is 0.493 e. The van der Waals surface area contributed by atoms with E-state index in [2.05, 4.69) is 4.74 Å². The van der Waals surface area contributed by atoms with Crippen LogP contribution in [0.15, 0.2) is 66.7 Å². The fourth-order valence-corrected chi connectivity index (χ4v) is 3.07. The molecule has 1 N–H and O–H groups in total. The summed E-state index contributed by atoms with van der Waals surface area (Å²) in [5.74, 6) is 0.964. The molecule has 6 nitrogen and oxygen atoms in total. The lowest BCUT2D eigenvalue weighted by atomic mass is 10.0. The summed E-state index contributed by atoms with van der Waals surface area (Å²) in [6.45, 7) is 0.611. The van der Waals surface area contributed by atoms with Crippen molar-refractivity contribution in [1.29, 1.82) is 0 Å². The van der Waals surface area contributed by atoms with E-state index in [-0.39, 0.29) is 6.61 Å². The molecule has 0 aromatic heterocycles. The van der Waals surface area contributed by atoms with Gasteiger partial charge < -0.3 is 24.1 Å². The second-order valence-corrected chi connectivity index (χ2v) is 6.66. The molecule has 0 bridgehead atoms. The second-order valence-electron chi connectivity index (χ2n) is 6.66. The molecule has 0 saturated heterocycles. The normalized spacial score (nSPS) is 11.8. The smallest absolute Gasteiger partial charge is 0.343 e. The van der Waals surface area contributed by atoms with Crippen LogP contribution in [0.3, 0.4) is 0 Å². The Balaban J connectivity index is 1.51. The fraction of sp³-hybridized carbons (Fsp3) is 0.292. The molecule has 0 heterocycles. The zero-order chi connectivity index (χ0) is 21.2. The molecule has 0 saturated carbocycles. The van der Waals surface area contributed by atoms with Crippen LogP contribution in [0, 0.1) is 0 Å². The lowest BCUT2D eigenvalue weighted by molar-refractivity contribution is -0.142. The highest BCUT2D eigenvalue weighted by atomic mass is 16.6. The Morgan fingerprint density at radius 3 is 2.47 bits per heavy atom. The number of methoxy groups -OCH3 is 1. The minimum atomic E-state index is -0.886. The summed E-state index contributed by atoms with van der Waals surface area (Å²) in [6.07, 6.45) is 0.132. The van der Waals surface area contributed by atoms with Crippen LogP contribution in [0.25, 0.3) is 10.8 Å². The van der Waals surface area contributed by atoms with Crippen molar-refractivity contribution >= 4 is 16.7 Å². The first kappa shape index (κ1) is 21.6. The van der Waals surface area contributed by atoms with E-state index in [1.807, 2.05) is 66.7 Å². The number of aliphatic hydroxyl groups excluding tert-OH is 1. The van der Waals surface area contributed by atoms with E-state index in [0.717, 1.165) is 22.1 Å². The fourth-order valence-electron chi connectivity index (χ4n) is 3.07. The molecule has 3 aromatic carbocycles. The van der Waals surface area contributed by atoms with Crippen LogP contribution in [-0.2, 0) is 20.7 Å².